The molecule has 0 aliphatic rings. The predicted octanol–water partition coefficient (Wildman–Crippen LogP) is 2.10. The number of carbonyl (C=O) groups is 1. The van der Waals surface area contributed by atoms with Crippen molar-refractivity contribution >= 4 is 5.91 Å². The van der Waals surface area contributed by atoms with E-state index in [1.54, 1.807) is 41.7 Å². The Balaban J connectivity index is 1.97. The Morgan fingerprint density at radius 3 is 2.56 bits per heavy atom. The maximum atomic E-state index is 11.6. The van der Waals surface area contributed by atoms with Gasteiger partial charge in [-0.15, -0.1) is 0 Å². The van der Waals surface area contributed by atoms with Crippen molar-refractivity contribution in [2.75, 3.05) is 0 Å². The molecule has 0 unspecified atom stereocenters. The summed E-state index contributed by atoms with van der Waals surface area (Å²) < 4.78 is 1.70. The summed E-state index contributed by atoms with van der Waals surface area (Å²) in [6.07, 6.45) is 10.1. The van der Waals surface area contributed by atoms with Crippen molar-refractivity contribution in [3.8, 4) is 33.8 Å². The van der Waals surface area contributed by atoms with Crippen molar-refractivity contribution in [2.45, 2.75) is 0 Å². The first-order chi connectivity index (χ1) is 13.1. The van der Waals surface area contributed by atoms with E-state index in [-0.39, 0.29) is 5.69 Å². The van der Waals surface area contributed by atoms with Crippen LogP contribution in [0.3, 0.4) is 0 Å². The van der Waals surface area contributed by atoms with E-state index in [2.05, 4.69) is 25.0 Å². The quantitative estimate of drug-likeness (QED) is 0.598. The van der Waals surface area contributed by atoms with Crippen LogP contribution in [0, 0.1) is 0 Å². The van der Waals surface area contributed by atoms with E-state index in [0.29, 0.717) is 17.1 Å². The van der Waals surface area contributed by atoms with E-state index in [9.17, 15) is 4.79 Å². The highest BCUT2D eigenvalue weighted by Crippen LogP contribution is 2.35. The van der Waals surface area contributed by atoms with Crippen LogP contribution >= 0.6 is 0 Å². The second kappa shape index (κ2) is 6.75. The number of nitrogens with two attached hydrogens (primary N) is 1. The van der Waals surface area contributed by atoms with Gasteiger partial charge in [-0.05, 0) is 24.3 Å². The second-order valence-corrected chi connectivity index (χ2v) is 5.85. The lowest BCUT2D eigenvalue weighted by molar-refractivity contribution is 0.0995. The first-order valence-electron chi connectivity index (χ1n) is 8.15. The number of primary amides is 1. The van der Waals surface area contributed by atoms with Gasteiger partial charge in [0.05, 0.1) is 11.9 Å². The van der Waals surface area contributed by atoms with Crippen molar-refractivity contribution in [3.63, 3.8) is 0 Å². The smallest absolute Gasteiger partial charge is 0.267 e. The van der Waals surface area contributed by atoms with Crippen LogP contribution in [-0.4, -0.2) is 35.6 Å². The minimum atomic E-state index is -0.591. The predicted molar refractivity (Wildman–Crippen MR) is 99.2 cm³/mol. The van der Waals surface area contributed by atoms with E-state index >= 15 is 0 Å². The van der Waals surface area contributed by atoms with Crippen LogP contribution in [0.4, 0.5) is 0 Å². The number of hydrogen-bond acceptors (Lipinski definition) is 6. The largest absolute Gasteiger partial charge is 0.364 e. The molecule has 8 nitrogen and oxygen atoms in total. The molecule has 0 radical (unpaired) electrons. The second-order valence-electron chi connectivity index (χ2n) is 5.85. The average molecular weight is 357 g/mol. The van der Waals surface area contributed by atoms with Crippen LogP contribution in [0.5, 0.6) is 0 Å². The van der Waals surface area contributed by atoms with Gasteiger partial charge in [-0.25, -0.2) is 4.98 Å². The third-order valence-corrected chi connectivity index (χ3v) is 4.01. The summed E-state index contributed by atoms with van der Waals surface area (Å²) in [6, 6.07) is 7.10. The van der Waals surface area contributed by atoms with E-state index in [0.717, 1.165) is 16.7 Å². The molecule has 0 saturated heterocycles. The highest BCUT2D eigenvalue weighted by atomic mass is 16.1. The molecule has 4 rings (SSSR count). The number of hydrogen-bond donors (Lipinski definition) is 1. The Kier molecular flexibility index (Phi) is 4.13. The Hall–Kier alpha value is -3.94. The molecule has 0 aliphatic carbocycles. The fourth-order valence-electron chi connectivity index (χ4n) is 2.83. The molecule has 4 heterocycles. The first kappa shape index (κ1) is 16.5. The zero-order chi connectivity index (χ0) is 18.8. The van der Waals surface area contributed by atoms with E-state index in [1.807, 2.05) is 31.4 Å². The van der Waals surface area contributed by atoms with Crippen LogP contribution in [0.15, 0.2) is 61.4 Å². The zero-order valence-electron chi connectivity index (χ0n) is 14.4. The summed E-state index contributed by atoms with van der Waals surface area (Å²) in [7, 11) is 1.83. The summed E-state index contributed by atoms with van der Waals surface area (Å²) in [5, 5.41) is 4.53. The van der Waals surface area contributed by atoms with Crippen molar-refractivity contribution < 1.29 is 4.79 Å². The van der Waals surface area contributed by atoms with Gasteiger partial charge in [0.15, 0.2) is 0 Å². The van der Waals surface area contributed by atoms with Crippen LogP contribution in [-0.2, 0) is 7.05 Å². The fourth-order valence-corrected chi connectivity index (χ4v) is 2.83. The lowest BCUT2D eigenvalue weighted by atomic mass is 9.99. The van der Waals surface area contributed by atoms with Gasteiger partial charge in [-0.2, -0.15) is 5.10 Å². The fraction of sp³-hybridized carbons (Fsp3) is 0.0526. The summed E-state index contributed by atoms with van der Waals surface area (Å²) in [5.41, 5.74) is 9.90. The number of amides is 1. The molecule has 27 heavy (non-hydrogen) atoms. The Morgan fingerprint density at radius 1 is 1.00 bits per heavy atom. The van der Waals surface area contributed by atoms with E-state index in [4.69, 9.17) is 5.73 Å². The van der Waals surface area contributed by atoms with E-state index in [1.165, 1.54) is 0 Å². The summed E-state index contributed by atoms with van der Waals surface area (Å²) >= 11 is 0. The number of rotatable bonds is 4. The highest BCUT2D eigenvalue weighted by Gasteiger charge is 2.19. The van der Waals surface area contributed by atoms with Gasteiger partial charge >= 0.3 is 0 Å². The number of aryl methyl sites for hydroxylation is 1. The Labute approximate surface area is 154 Å². The lowest BCUT2D eigenvalue weighted by Crippen LogP contribution is -2.13. The van der Waals surface area contributed by atoms with E-state index < -0.39 is 5.91 Å². The third kappa shape index (κ3) is 3.15. The molecule has 0 atom stereocenters. The van der Waals surface area contributed by atoms with Crippen LogP contribution < -0.4 is 5.73 Å². The lowest BCUT2D eigenvalue weighted by Gasteiger charge is -2.10. The molecule has 0 fully saturated rings. The molecule has 0 aliphatic heterocycles. The minimum absolute atomic E-state index is 0.183. The normalized spacial score (nSPS) is 10.7. The van der Waals surface area contributed by atoms with Crippen LogP contribution in [0.1, 0.15) is 10.5 Å². The van der Waals surface area contributed by atoms with Gasteiger partial charge in [0.25, 0.3) is 5.91 Å². The molecule has 0 bridgehead atoms. The monoisotopic (exact) mass is 357 g/mol. The molecular formula is C19H15N7O. The van der Waals surface area contributed by atoms with Gasteiger partial charge in [0.1, 0.15) is 17.1 Å². The highest BCUT2D eigenvalue weighted by molar-refractivity contribution is 5.94. The average Bonchev–Trinajstić information content (AvgIpc) is 3.10. The molecule has 0 spiro atoms. The summed E-state index contributed by atoms with van der Waals surface area (Å²) in [4.78, 5) is 28.7. The van der Waals surface area contributed by atoms with Crippen molar-refractivity contribution in [2.24, 2.45) is 12.8 Å². The first-order valence-corrected chi connectivity index (χ1v) is 8.15. The SMILES string of the molecule is Cn1cc(-c2ccc(C(N)=O)nc2-c2cccnc2)c(-c2cnccn2)n1. The molecule has 1 amide bonds. The van der Waals surface area contributed by atoms with Crippen molar-refractivity contribution in [1.29, 1.82) is 0 Å². The summed E-state index contributed by atoms with van der Waals surface area (Å²) in [5.74, 6) is -0.591. The zero-order valence-corrected chi connectivity index (χ0v) is 14.4. The van der Waals surface area contributed by atoms with Crippen LogP contribution in [0.25, 0.3) is 33.8 Å². The van der Waals surface area contributed by atoms with Crippen molar-refractivity contribution in [1.82, 2.24) is 29.7 Å². The number of carbonyl (C=O) groups excluding carboxylic acids is 1. The molecule has 4 aromatic rings. The summed E-state index contributed by atoms with van der Waals surface area (Å²) in [6.45, 7) is 0. The maximum Gasteiger partial charge on any atom is 0.267 e. The Bertz CT molecular complexity index is 1110. The molecule has 0 saturated carbocycles. The molecule has 2 N–H and O–H groups in total. The minimum Gasteiger partial charge on any atom is -0.364 e. The molecule has 0 aromatic carbocycles. The molecule has 8 heteroatoms. The number of aromatic nitrogens is 6. The standard InChI is InChI=1S/C19H15N7O/c1-26-11-14(18(25-26)16-10-22-7-8-23-16)13-4-5-15(19(20)27)24-17(13)12-3-2-6-21-9-12/h2-11H,1H3,(H2,20,27). The molecular weight excluding hydrogens is 342 g/mol. The third-order valence-electron chi connectivity index (χ3n) is 4.01. The van der Waals surface area contributed by atoms with Gasteiger partial charge in [-0.3, -0.25) is 24.4 Å². The maximum absolute atomic E-state index is 11.6. The van der Waals surface area contributed by atoms with Crippen molar-refractivity contribution in [3.05, 3.63) is 67.1 Å². The number of nitrogens with zero attached hydrogens (tertiary/aromatic N) is 6. The number of pyridine rings is 2. The van der Waals surface area contributed by atoms with Gasteiger partial charge in [0, 0.05) is 54.7 Å². The van der Waals surface area contributed by atoms with Gasteiger partial charge < -0.3 is 5.73 Å². The Morgan fingerprint density at radius 2 is 1.85 bits per heavy atom. The molecule has 4 aromatic heterocycles. The van der Waals surface area contributed by atoms with Gasteiger partial charge in [0.2, 0.25) is 0 Å². The molecule has 132 valence electrons. The van der Waals surface area contributed by atoms with Gasteiger partial charge in [-0.1, -0.05) is 0 Å². The van der Waals surface area contributed by atoms with Crippen LogP contribution in [0.2, 0.25) is 0 Å². The topological polar surface area (TPSA) is 112 Å².